The molecular formula is C29H30BN4O3. The lowest BCUT2D eigenvalue weighted by molar-refractivity contribution is -0.118. The number of aromatic amines is 1. The van der Waals surface area contributed by atoms with Gasteiger partial charge in [0.05, 0.1) is 12.2 Å². The molecule has 1 heterocycles. The molecule has 1 radical (unpaired) electrons. The van der Waals surface area contributed by atoms with Crippen LogP contribution in [0.25, 0.3) is 11.1 Å². The van der Waals surface area contributed by atoms with Gasteiger partial charge in [0, 0.05) is 22.9 Å². The van der Waals surface area contributed by atoms with Crippen molar-refractivity contribution >= 4 is 25.2 Å². The first kappa shape index (κ1) is 26.1. The van der Waals surface area contributed by atoms with Gasteiger partial charge in [0.1, 0.15) is 11.3 Å². The van der Waals surface area contributed by atoms with Crippen molar-refractivity contribution in [3.63, 3.8) is 0 Å². The predicted octanol–water partition coefficient (Wildman–Crippen LogP) is 4.15. The first-order chi connectivity index (χ1) is 17.8. The minimum absolute atomic E-state index is 0.278. The van der Waals surface area contributed by atoms with Crippen molar-refractivity contribution in [1.82, 2.24) is 15.4 Å². The lowest BCUT2D eigenvalue weighted by Crippen LogP contribution is -2.47. The van der Waals surface area contributed by atoms with Gasteiger partial charge < -0.3 is 20.4 Å². The van der Waals surface area contributed by atoms with Crippen molar-refractivity contribution in [3.8, 4) is 11.1 Å². The number of carbonyl (C=O) groups excluding carboxylic acids is 2. The molecule has 1 amide bonds. The van der Waals surface area contributed by atoms with Gasteiger partial charge in [-0.25, -0.2) is 0 Å². The van der Waals surface area contributed by atoms with Crippen molar-refractivity contribution < 1.29 is 14.7 Å². The van der Waals surface area contributed by atoms with E-state index in [0.717, 1.165) is 27.9 Å². The van der Waals surface area contributed by atoms with Crippen molar-refractivity contribution in [1.29, 1.82) is 0 Å². The van der Waals surface area contributed by atoms with Crippen molar-refractivity contribution in [2.45, 2.75) is 38.3 Å². The molecule has 4 aromatic rings. The van der Waals surface area contributed by atoms with E-state index in [0.29, 0.717) is 17.6 Å². The molecule has 1 aromatic heterocycles. The van der Waals surface area contributed by atoms with Crippen LogP contribution in [0.4, 0.5) is 5.69 Å². The Kier molecular flexibility index (Phi) is 8.01. The zero-order valence-electron chi connectivity index (χ0n) is 21.1. The summed E-state index contributed by atoms with van der Waals surface area (Å²) in [6.45, 7) is 5.29. The van der Waals surface area contributed by atoms with E-state index in [1.54, 1.807) is 13.8 Å². The molecule has 8 heteroatoms. The third-order valence-corrected chi connectivity index (χ3v) is 6.24. The van der Waals surface area contributed by atoms with Crippen LogP contribution >= 0.6 is 0 Å². The highest BCUT2D eigenvalue weighted by Crippen LogP contribution is 2.33. The van der Waals surface area contributed by atoms with Gasteiger partial charge in [-0.15, -0.1) is 0 Å². The van der Waals surface area contributed by atoms with Crippen molar-refractivity contribution in [2.75, 3.05) is 5.32 Å². The molecular weight excluding hydrogens is 463 g/mol. The van der Waals surface area contributed by atoms with Gasteiger partial charge in [0.15, 0.2) is 0 Å². The number of hydrogen-bond acceptors (Lipinski definition) is 5. The van der Waals surface area contributed by atoms with Crippen LogP contribution in [-0.2, 0) is 15.2 Å². The highest BCUT2D eigenvalue weighted by Gasteiger charge is 2.31. The highest BCUT2D eigenvalue weighted by atomic mass is 16.3. The monoisotopic (exact) mass is 493 g/mol. The first-order valence-corrected chi connectivity index (χ1v) is 12.1. The summed E-state index contributed by atoms with van der Waals surface area (Å²) in [5.74, 6) is -0.610. The lowest BCUT2D eigenvalue weighted by Gasteiger charge is -2.28. The number of nitrogens with zero attached hydrogens (tertiary/aromatic N) is 1. The number of anilines is 1. The number of carbonyl (C=O) groups is 2. The Morgan fingerprint density at radius 3 is 2.05 bits per heavy atom. The summed E-state index contributed by atoms with van der Waals surface area (Å²) in [5, 5.41) is 23.7. The lowest BCUT2D eigenvalue weighted by atomic mass is 9.81. The quantitative estimate of drug-likeness (QED) is 0.196. The minimum atomic E-state index is -1.11. The molecule has 0 unspecified atom stereocenters. The zero-order chi connectivity index (χ0) is 26.4. The molecule has 0 spiro atoms. The Hall–Kier alpha value is -4.01. The fourth-order valence-corrected chi connectivity index (χ4v) is 4.53. The summed E-state index contributed by atoms with van der Waals surface area (Å²) in [4.78, 5) is 24.8. The van der Waals surface area contributed by atoms with Crippen LogP contribution in [-0.4, -0.2) is 40.9 Å². The fraction of sp³-hybridized carbons (Fsp3) is 0.207. The summed E-state index contributed by atoms with van der Waals surface area (Å²) in [6.07, 6.45) is 0.635. The molecule has 0 aliphatic heterocycles. The van der Waals surface area contributed by atoms with Gasteiger partial charge in [-0.1, -0.05) is 72.8 Å². The van der Waals surface area contributed by atoms with Gasteiger partial charge in [-0.2, -0.15) is 5.10 Å². The maximum absolute atomic E-state index is 13.6. The Morgan fingerprint density at radius 1 is 0.973 bits per heavy atom. The van der Waals surface area contributed by atoms with E-state index < -0.39 is 11.6 Å². The number of aromatic nitrogens is 2. The Morgan fingerprint density at radius 2 is 1.54 bits per heavy atom. The second-order valence-corrected chi connectivity index (χ2v) is 9.44. The van der Waals surface area contributed by atoms with E-state index >= 15 is 0 Å². The average molecular weight is 493 g/mol. The van der Waals surface area contributed by atoms with E-state index in [1.807, 2.05) is 91.9 Å². The number of hydrogen-bond donors (Lipinski definition) is 4. The maximum Gasteiger partial charge on any atom is 0.291 e. The van der Waals surface area contributed by atoms with Gasteiger partial charge >= 0.3 is 0 Å². The highest BCUT2D eigenvalue weighted by molar-refractivity contribution is 6.64. The van der Waals surface area contributed by atoms with Crippen LogP contribution < -0.4 is 10.5 Å². The number of amides is 1. The largest absolute Gasteiger partial charge is 0.384 e. The van der Waals surface area contributed by atoms with E-state index in [2.05, 4.69) is 20.7 Å². The molecule has 187 valence electrons. The van der Waals surface area contributed by atoms with Crippen molar-refractivity contribution in [3.05, 3.63) is 107 Å². The summed E-state index contributed by atoms with van der Waals surface area (Å²) in [7, 11) is 1.26. The van der Waals surface area contributed by atoms with Crippen LogP contribution in [0.2, 0.25) is 0 Å². The Balaban J connectivity index is 1.63. The van der Waals surface area contributed by atoms with Crippen LogP contribution in [0.3, 0.4) is 0 Å². The number of nitrogens with one attached hydrogen (secondary N) is 3. The molecule has 0 fully saturated rings. The topological polar surface area (TPSA) is 107 Å². The average Bonchev–Trinajstić information content (AvgIpc) is 3.30. The summed E-state index contributed by atoms with van der Waals surface area (Å²) in [6, 6.07) is 26.1. The van der Waals surface area contributed by atoms with E-state index in [1.165, 1.54) is 7.41 Å². The van der Waals surface area contributed by atoms with Crippen LogP contribution in [0, 0.1) is 6.92 Å². The normalized spacial score (nSPS) is 12.2. The summed E-state index contributed by atoms with van der Waals surface area (Å²) < 4.78 is 0. The Bertz CT molecular complexity index is 1290. The standard InChI is InChI=1S/C29H30BN4O3/c1-19-24(27(34-33-19)29(2,3)37)22-14-16-23(17-15-22)31-28(36)26(32-30-18-35)25(20-10-6-4-7-11-20)21-12-8-5-9-13-21/h4-18,25-26,32,37H,1-3H3,(H,31,36)(H,33,34)/t26-/m0/s1. The number of aryl methyl sites for hydroxylation is 1. The van der Waals surface area contributed by atoms with Crippen LogP contribution in [0.15, 0.2) is 84.9 Å². The second-order valence-electron chi connectivity index (χ2n) is 9.44. The van der Waals surface area contributed by atoms with E-state index in [9.17, 15) is 14.7 Å². The molecule has 0 aliphatic rings. The summed E-state index contributed by atoms with van der Waals surface area (Å²) in [5.41, 5.74) is 4.51. The van der Waals surface area contributed by atoms with Gasteiger partial charge in [0.2, 0.25) is 5.91 Å². The SMILES string of the molecule is Cc1[nH]nc(C(C)(C)O)c1-c1ccc(NC(=O)[C@@H](N[B]C=O)C(c2ccccc2)c2ccccc2)cc1. The predicted molar refractivity (Wildman–Crippen MR) is 147 cm³/mol. The zero-order valence-corrected chi connectivity index (χ0v) is 21.1. The molecule has 4 rings (SSSR count). The third kappa shape index (κ3) is 6.05. The van der Waals surface area contributed by atoms with Crippen LogP contribution in [0.1, 0.15) is 42.3 Å². The molecule has 1 atom stereocenters. The molecule has 7 nitrogen and oxygen atoms in total. The molecule has 0 aliphatic carbocycles. The minimum Gasteiger partial charge on any atom is -0.384 e. The molecule has 0 bridgehead atoms. The molecule has 0 saturated heterocycles. The van der Waals surface area contributed by atoms with Gasteiger partial charge in [-0.05, 0) is 49.6 Å². The van der Waals surface area contributed by atoms with Crippen LogP contribution in [0.5, 0.6) is 0 Å². The smallest absolute Gasteiger partial charge is 0.291 e. The van der Waals surface area contributed by atoms with Crippen molar-refractivity contribution in [2.24, 2.45) is 0 Å². The fourth-order valence-electron chi connectivity index (χ4n) is 4.53. The number of H-pyrrole nitrogens is 1. The van der Waals surface area contributed by atoms with Gasteiger partial charge in [0.25, 0.3) is 7.41 Å². The van der Waals surface area contributed by atoms with E-state index in [-0.39, 0.29) is 11.8 Å². The maximum atomic E-state index is 13.6. The molecule has 4 N–H and O–H groups in total. The first-order valence-electron chi connectivity index (χ1n) is 12.1. The number of benzene rings is 3. The number of rotatable bonds is 10. The summed E-state index contributed by atoms with van der Waals surface area (Å²) >= 11 is 0. The van der Waals surface area contributed by atoms with E-state index in [4.69, 9.17) is 0 Å². The number of aliphatic hydroxyl groups is 1. The molecule has 0 saturated carbocycles. The van der Waals surface area contributed by atoms with Gasteiger partial charge in [-0.3, -0.25) is 9.89 Å². The molecule has 3 aromatic carbocycles. The molecule has 37 heavy (non-hydrogen) atoms. The third-order valence-electron chi connectivity index (χ3n) is 6.24. The Labute approximate surface area is 217 Å². The second kappa shape index (κ2) is 11.4.